The Hall–Kier alpha value is -1.56. The van der Waals surface area contributed by atoms with Gasteiger partial charge in [-0.3, -0.25) is 4.98 Å². The van der Waals surface area contributed by atoms with Crippen LogP contribution in [0.15, 0.2) is 47.1 Å². The molecular formula is C12H7BrF3NO. The first-order valence-electron chi connectivity index (χ1n) is 4.92. The third-order valence-electron chi connectivity index (χ3n) is 2.05. The fourth-order valence-corrected chi connectivity index (χ4v) is 1.67. The summed E-state index contributed by atoms with van der Waals surface area (Å²) in [7, 11) is 0. The van der Waals surface area contributed by atoms with Gasteiger partial charge >= 0.3 is 6.18 Å². The second-order valence-electron chi connectivity index (χ2n) is 3.43. The van der Waals surface area contributed by atoms with Crippen molar-refractivity contribution in [1.82, 2.24) is 4.98 Å². The zero-order valence-electron chi connectivity index (χ0n) is 8.91. The molecule has 0 amide bonds. The Balaban J connectivity index is 2.25. The number of alkyl halides is 3. The van der Waals surface area contributed by atoms with Crippen molar-refractivity contribution < 1.29 is 17.9 Å². The molecule has 0 N–H and O–H groups in total. The summed E-state index contributed by atoms with van der Waals surface area (Å²) >= 11 is 3.25. The van der Waals surface area contributed by atoms with E-state index in [2.05, 4.69) is 20.9 Å². The molecule has 0 aliphatic rings. The first-order chi connectivity index (χ1) is 8.45. The van der Waals surface area contributed by atoms with E-state index in [0.717, 1.165) is 16.7 Å². The van der Waals surface area contributed by atoms with Gasteiger partial charge in [0.1, 0.15) is 17.2 Å². The summed E-state index contributed by atoms with van der Waals surface area (Å²) in [6, 6.07) is 9.06. The van der Waals surface area contributed by atoms with Crippen molar-refractivity contribution in [2.75, 3.05) is 0 Å². The van der Waals surface area contributed by atoms with Crippen LogP contribution in [0.5, 0.6) is 11.5 Å². The zero-order chi connectivity index (χ0) is 13.2. The van der Waals surface area contributed by atoms with Crippen LogP contribution >= 0.6 is 15.9 Å². The highest BCUT2D eigenvalue weighted by atomic mass is 79.9. The summed E-state index contributed by atoms with van der Waals surface area (Å²) < 4.78 is 43.4. The van der Waals surface area contributed by atoms with Crippen LogP contribution in [0.2, 0.25) is 0 Å². The van der Waals surface area contributed by atoms with E-state index >= 15 is 0 Å². The van der Waals surface area contributed by atoms with Crippen LogP contribution in [0.1, 0.15) is 5.69 Å². The molecule has 0 radical (unpaired) electrons. The number of hydrogen-bond acceptors (Lipinski definition) is 2. The number of benzene rings is 1. The maximum Gasteiger partial charge on any atom is 0.433 e. The number of halogens is 4. The minimum absolute atomic E-state index is 0.0930. The highest BCUT2D eigenvalue weighted by Gasteiger charge is 2.32. The largest absolute Gasteiger partial charge is 0.457 e. The highest BCUT2D eigenvalue weighted by Crippen LogP contribution is 2.31. The molecule has 6 heteroatoms. The van der Waals surface area contributed by atoms with Gasteiger partial charge in [0.05, 0.1) is 0 Å². The maximum absolute atomic E-state index is 12.4. The lowest BCUT2D eigenvalue weighted by molar-refractivity contribution is -0.141. The van der Waals surface area contributed by atoms with Crippen LogP contribution < -0.4 is 4.74 Å². The SMILES string of the molecule is FC(F)(F)c1cc(Oc2cccc(Br)c2)ccn1. The lowest BCUT2D eigenvalue weighted by Gasteiger charge is -2.09. The van der Waals surface area contributed by atoms with Crippen LogP contribution in [0.3, 0.4) is 0 Å². The Morgan fingerprint density at radius 2 is 1.78 bits per heavy atom. The molecule has 0 fully saturated rings. The molecule has 2 rings (SSSR count). The molecule has 1 heterocycles. The molecule has 0 saturated carbocycles. The first kappa shape index (κ1) is 12.9. The minimum atomic E-state index is -4.48. The van der Waals surface area contributed by atoms with Crippen molar-refractivity contribution in [2.45, 2.75) is 6.18 Å². The van der Waals surface area contributed by atoms with Gasteiger partial charge in [-0.25, -0.2) is 0 Å². The molecule has 0 saturated heterocycles. The van der Waals surface area contributed by atoms with E-state index in [1.54, 1.807) is 24.3 Å². The molecule has 18 heavy (non-hydrogen) atoms. The summed E-state index contributed by atoms with van der Waals surface area (Å²) in [6.45, 7) is 0. The molecule has 2 aromatic rings. The monoisotopic (exact) mass is 317 g/mol. The van der Waals surface area contributed by atoms with Crippen LogP contribution in [-0.2, 0) is 6.18 Å². The van der Waals surface area contributed by atoms with Crippen LogP contribution in [0, 0.1) is 0 Å². The van der Waals surface area contributed by atoms with Crippen LogP contribution in [0.25, 0.3) is 0 Å². The number of hydrogen-bond donors (Lipinski definition) is 0. The van der Waals surface area contributed by atoms with Gasteiger partial charge in [0.2, 0.25) is 0 Å². The molecule has 0 bridgehead atoms. The van der Waals surface area contributed by atoms with Gasteiger partial charge in [-0.1, -0.05) is 22.0 Å². The van der Waals surface area contributed by atoms with E-state index in [1.165, 1.54) is 6.07 Å². The Kier molecular flexibility index (Phi) is 3.56. The summed E-state index contributed by atoms with van der Waals surface area (Å²) in [4.78, 5) is 3.26. The van der Waals surface area contributed by atoms with E-state index in [1.807, 2.05) is 0 Å². The zero-order valence-corrected chi connectivity index (χ0v) is 10.5. The second-order valence-corrected chi connectivity index (χ2v) is 4.35. The van der Waals surface area contributed by atoms with Crippen molar-refractivity contribution in [3.05, 3.63) is 52.8 Å². The minimum Gasteiger partial charge on any atom is -0.457 e. The number of nitrogens with zero attached hydrogens (tertiary/aromatic N) is 1. The summed E-state index contributed by atoms with van der Waals surface area (Å²) in [6.07, 6.45) is -3.41. The van der Waals surface area contributed by atoms with Gasteiger partial charge in [-0.15, -0.1) is 0 Å². The molecule has 0 spiro atoms. The predicted octanol–water partition coefficient (Wildman–Crippen LogP) is 4.66. The summed E-state index contributed by atoms with van der Waals surface area (Å²) in [5, 5.41) is 0. The third kappa shape index (κ3) is 3.22. The van der Waals surface area contributed by atoms with Crippen molar-refractivity contribution in [3.8, 4) is 11.5 Å². The van der Waals surface area contributed by atoms with Crippen molar-refractivity contribution in [3.63, 3.8) is 0 Å². The second kappa shape index (κ2) is 4.97. The van der Waals surface area contributed by atoms with E-state index in [9.17, 15) is 13.2 Å². The number of rotatable bonds is 2. The van der Waals surface area contributed by atoms with Crippen molar-refractivity contribution in [2.24, 2.45) is 0 Å². The lowest BCUT2D eigenvalue weighted by Crippen LogP contribution is -2.07. The average Bonchev–Trinajstić information content (AvgIpc) is 2.28. The number of pyridine rings is 1. The Morgan fingerprint density at radius 3 is 2.44 bits per heavy atom. The number of aromatic nitrogens is 1. The maximum atomic E-state index is 12.4. The third-order valence-corrected chi connectivity index (χ3v) is 2.55. The van der Waals surface area contributed by atoms with Gasteiger partial charge in [-0.05, 0) is 24.3 Å². The highest BCUT2D eigenvalue weighted by molar-refractivity contribution is 9.10. The Bertz CT molecular complexity index is 557. The molecular weight excluding hydrogens is 311 g/mol. The summed E-state index contributed by atoms with van der Waals surface area (Å²) in [5.74, 6) is 0.541. The molecule has 0 atom stereocenters. The fraction of sp³-hybridized carbons (Fsp3) is 0.0833. The molecule has 1 aromatic carbocycles. The van der Waals surface area contributed by atoms with E-state index in [0.29, 0.717) is 5.75 Å². The van der Waals surface area contributed by atoms with Crippen LogP contribution in [0.4, 0.5) is 13.2 Å². The van der Waals surface area contributed by atoms with Crippen molar-refractivity contribution >= 4 is 15.9 Å². The predicted molar refractivity (Wildman–Crippen MR) is 63.5 cm³/mol. The normalized spacial score (nSPS) is 11.3. The summed E-state index contributed by atoms with van der Waals surface area (Å²) in [5.41, 5.74) is -0.977. The average molecular weight is 318 g/mol. The van der Waals surface area contributed by atoms with Gasteiger partial charge in [-0.2, -0.15) is 13.2 Å². The van der Waals surface area contributed by atoms with Gasteiger partial charge in [0.15, 0.2) is 0 Å². The smallest absolute Gasteiger partial charge is 0.433 e. The molecule has 0 unspecified atom stereocenters. The lowest BCUT2D eigenvalue weighted by atomic mass is 10.3. The van der Waals surface area contributed by atoms with E-state index in [4.69, 9.17) is 4.74 Å². The van der Waals surface area contributed by atoms with E-state index < -0.39 is 11.9 Å². The first-order valence-corrected chi connectivity index (χ1v) is 5.71. The van der Waals surface area contributed by atoms with Crippen LogP contribution in [-0.4, -0.2) is 4.98 Å². The number of ether oxygens (including phenoxy) is 1. The Labute approximate surface area is 110 Å². The van der Waals surface area contributed by atoms with Gasteiger partial charge < -0.3 is 4.74 Å². The molecule has 0 aliphatic carbocycles. The molecule has 0 aliphatic heterocycles. The van der Waals surface area contributed by atoms with Crippen molar-refractivity contribution in [1.29, 1.82) is 0 Å². The Morgan fingerprint density at radius 1 is 1.06 bits per heavy atom. The van der Waals surface area contributed by atoms with Gasteiger partial charge in [0, 0.05) is 16.7 Å². The molecule has 2 nitrogen and oxygen atoms in total. The topological polar surface area (TPSA) is 22.1 Å². The van der Waals surface area contributed by atoms with Gasteiger partial charge in [0.25, 0.3) is 0 Å². The molecule has 94 valence electrons. The van der Waals surface area contributed by atoms with E-state index in [-0.39, 0.29) is 5.75 Å². The fourth-order valence-electron chi connectivity index (χ4n) is 1.30. The molecule has 1 aromatic heterocycles. The quantitative estimate of drug-likeness (QED) is 0.804. The standard InChI is InChI=1S/C12H7BrF3NO/c13-8-2-1-3-9(6-8)18-10-4-5-17-11(7-10)12(14,15)16/h1-7H.